The van der Waals surface area contributed by atoms with E-state index in [0.29, 0.717) is 56.2 Å². The predicted molar refractivity (Wildman–Crippen MR) is 481 cm³/mol. The smallest absolute Gasteiger partial charge is 0.330 e. The van der Waals surface area contributed by atoms with E-state index in [1.165, 1.54) is 325 Å². The van der Waals surface area contributed by atoms with Crippen molar-refractivity contribution in [2.45, 2.75) is 448 Å². The van der Waals surface area contributed by atoms with Crippen LogP contribution in [-0.2, 0) is 66.7 Å². The van der Waals surface area contributed by atoms with Gasteiger partial charge in [0.2, 0.25) is 0 Å². The monoisotopic (exact) mass is 1600 g/mol. The maximum absolute atomic E-state index is 11.5. The zero-order valence-electron chi connectivity index (χ0n) is 76.0. The summed E-state index contributed by atoms with van der Waals surface area (Å²) < 4.78 is 35.4. The van der Waals surface area contributed by atoms with Gasteiger partial charge >= 0.3 is 41.8 Å². The number of carbonyl (C=O) groups is 7. The van der Waals surface area contributed by atoms with Crippen LogP contribution in [0.15, 0.2) is 88.6 Å². The number of carbonyl (C=O) groups excluding carboxylic acids is 7. The molecule has 1 aliphatic rings. The van der Waals surface area contributed by atoms with Crippen molar-refractivity contribution in [2.75, 3.05) is 33.0 Å². The molecule has 0 heterocycles. The van der Waals surface area contributed by atoms with Crippen molar-refractivity contribution in [3.63, 3.8) is 0 Å². The third-order valence-electron chi connectivity index (χ3n) is 19.9. The van der Waals surface area contributed by atoms with Crippen LogP contribution in [0.1, 0.15) is 436 Å². The highest BCUT2D eigenvalue weighted by Crippen LogP contribution is 2.39. The summed E-state index contributed by atoms with van der Waals surface area (Å²) in [6.07, 6.45) is 77.8. The van der Waals surface area contributed by atoms with Crippen LogP contribution >= 0.6 is 0 Å². The Hall–Kier alpha value is -5.53. The van der Waals surface area contributed by atoms with E-state index >= 15 is 0 Å². The average Bonchev–Trinajstić information content (AvgIpc) is 0.844. The molecular formula is C99H182O14. The van der Waals surface area contributed by atoms with Crippen molar-refractivity contribution in [1.82, 2.24) is 0 Å². The normalized spacial score (nSPS) is 13.6. The van der Waals surface area contributed by atoms with E-state index in [0.717, 1.165) is 70.6 Å². The molecule has 1 aliphatic carbocycles. The van der Waals surface area contributed by atoms with Gasteiger partial charge in [-0.3, -0.25) is 0 Å². The fraction of sp³-hybridized carbons (Fsp3) is 0.788. The molecule has 1 saturated carbocycles. The number of hydrogen-bond acceptors (Lipinski definition) is 14. The molecule has 0 spiro atoms. The van der Waals surface area contributed by atoms with Crippen molar-refractivity contribution >= 4 is 41.8 Å². The Morgan fingerprint density at radius 3 is 0.876 bits per heavy atom. The maximum Gasteiger partial charge on any atom is 0.330 e. The second-order valence-corrected chi connectivity index (χ2v) is 31.9. The van der Waals surface area contributed by atoms with E-state index in [4.69, 9.17) is 33.2 Å². The van der Waals surface area contributed by atoms with Crippen molar-refractivity contribution in [3.05, 3.63) is 88.6 Å². The zero-order valence-corrected chi connectivity index (χ0v) is 76.0. The van der Waals surface area contributed by atoms with Crippen LogP contribution in [0.5, 0.6) is 0 Å². The first-order chi connectivity index (χ1) is 54.5. The molecule has 14 nitrogen and oxygen atoms in total. The topological polar surface area (TPSA) is 184 Å². The molecule has 5 atom stereocenters. The highest BCUT2D eigenvalue weighted by atomic mass is 16.6. The van der Waals surface area contributed by atoms with Crippen LogP contribution in [0.2, 0.25) is 0 Å². The van der Waals surface area contributed by atoms with Gasteiger partial charge in [0.25, 0.3) is 0 Å². The first kappa shape index (κ1) is 118. The molecule has 113 heavy (non-hydrogen) atoms. The molecule has 14 heteroatoms. The van der Waals surface area contributed by atoms with Gasteiger partial charge in [-0.1, -0.05) is 405 Å². The molecule has 1 rings (SSSR count). The van der Waals surface area contributed by atoms with Crippen LogP contribution in [0, 0.1) is 23.2 Å². The van der Waals surface area contributed by atoms with Gasteiger partial charge in [-0.05, 0) is 100 Å². The standard InChI is InChI=1S/C21H40O2.C16H30O2.C15H28O2.C13H24O2.C12H20O2.2C11H20O2/c1-4-7-9-11-13-15-17-19-20(23-21(22)6-3)18-16-14-12-10-8-5-2;1-3-5-6-7-8-9-10-11-12-13-14-15-18-16(17)4-2;1-3-5-6-7-8-9-10-11-12-13-14-17-15(16)4-2;1-3-5-6-7-8-9-10-11-12-15-13(14)4-2;1-5-11(13)14-10-6-9(2)7-12(3,4)8-10;1-4-6-7-8-10(3)9-13-11(12)5-2;1-4-7-8-10(5-2)9-13-11(12)6-3/h6,20H,3-5,7-19H2,1-2H3;4H,2-3,5-15H2,1H3;4H,2-3,5-14H2,1H3;4H,2-3,5-12H2,1H3;5,9-10H,1,6-8H2,2-4H3;5,10H,2,4,6-9H2,1,3H3;6,10H,3-5,7-9H2,1-2H3. The Balaban J connectivity index is -0.000000298. The van der Waals surface area contributed by atoms with Gasteiger partial charge in [0.15, 0.2) is 0 Å². The zero-order chi connectivity index (χ0) is 85.8. The minimum Gasteiger partial charge on any atom is -0.463 e. The predicted octanol–water partition coefficient (Wildman–Crippen LogP) is 29.3. The minimum atomic E-state index is -0.317. The summed E-state index contributed by atoms with van der Waals surface area (Å²) in [4.78, 5) is 76.2. The van der Waals surface area contributed by atoms with Gasteiger partial charge in [0.1, 0.15) is 12.2 Å². The van der Waals surface area contributed by atoms with E-state index in [9.17, 15) is 33.6 Å². The number of hydrogen-bond donors (Lipinski definition) is 0. The summed E-state index contributed by atoms with van der Waals surface area (Å²) in [5, 5.41) is 0. The van der Waals surface area contributed by atoms with E-state index in [1.54, 1.807) is 0 Å². The quantitative estimate of drug-likeness (QED) is 0.0242. The number of ether oxygens (including phenoxy) is 7. The molecule has 1 fully saturated rings. The second-order valence-electron chi connectivity index (χ2n) is 31.9. The minimum absolute atomic E-state index is 0.0826. The highest BCUT2D eigenvalue weighted by molar-refractivity contribution is 5.83. The van der Waals surface area contributed by atoms with E-state index in [2.05, 4.69) is 129 Å². The lowest BCUT2D eigenvalue weighted by Crippen LogP contribution is -2.33. The Labute approximate surface area is 698 Å². The first-order valence-electron chi connectivity index (χ1n) is 46.2. The SMILES string of the molecule is C=CC(=O)OC(CCCCCCCC)CCCCCCCCC.C=CC(=O)OC1CC(C)CC(C)(C)C1.C=CC(=O)OCC(C)CCCCC.C=CC(=O)OCC(CC)CCCC.C=CC(=O)OCCCCCCCCCC.C=CC(=O)OCCCCCCCCCCCC.C=CC(=O)OCCCCCCCCCCCCC. The fourth-order valence-corrected chi connectivity index (χ4v) is 13.1. The molecule has 0 saturated heterocycles. The summed E-state index contributed by atoms with van der Waals surface area (Å²) in [5.41, 5.74) is 0.295. The Morgan fingerprint density at radius 2 is 0.584 bits per heavy atom. The maximum atomic E-state index is 11.5. The van der Waals surface area contributed by atoms with Crippen LogP contribution in [0.25, 0.3) is 0 Å². The van der Waals surface area contributed by atoms with E-state index in [-0.39, 0.29) is 54.0 Å². The summed E-state index contributed by atoms with van der Waals surface area (Å²) in [6, 6.07) is 0. The van der Waals surface area contributed by atoms with Gasteiger partial charge in [-0.25, -0.2) is 33.6 Å². The fourth-order valence-electron chi connectivity index (χ4n) is 13.1. The molecule has 662 valence electrons. The van der Waals surface area contributed by atoms with Crippen LogP contribution in [-0.4, -0.2) is 87.0 Å². The molecule has 0 aromatic rings. The molecule has 0 N–H and O–H groups in total. The van der Waals surface area contributed by atoms with Gasteiger partial charge in [0.05, 0.1) is 33.0 Å². The summed E-state index contributed by atoms with van der Waals surface area (Å²) in [6.45, 7) is 52.9. The molecule has 5 unspecified atom stereocenters. The lowest BCUT2D eigenvalue weighted by Gasteiger charge is -2.38. The van der Waals surface area contributed by atoms with Crippen LogP contribution in [0.4, 0.5) is 0 Å². The van der Waals surface area contributed by atoms with Crippen LogP contribution in [0.3, 0.4) is 0 Å². The van der Waals surface area contributed by atoms with Crippen molar-refractivity contribution < 1.29 is 66.7 Å². The molecule has 0 aromatic heterocycles. The second kappa shape index (κ2) is 97.1. The van der Waals surface area contributed by atoms with Gasteiger partial charge < -0.3 is 33.2 Å². The van der Waals surface area contributed by atoms with Crippen molar-refractivity contribution in [3.8, 4) is 0 Å². The summed E-state index contributed by atoms with van der Waals surface area (Å²) in [7, 11) is 0. The molecule has 0 amide bonds. The van der Waals surface area contributed by atoms with Crippen molar-refractivity contribution in [1.29, 1.82) is 0 Å². The number of esters is 7. The van der Waals surface area contributed by atoms with E-state index in [1.807, 2.05) is 0 Å². The third kappa shape index (κ3) is 103. The summed E-state index contributed by atoms with van der Waals surface area (Å²) >= 11 is 0. The molecular weight excluding hydrogens is 1410 g/mol. The van der Waals surface area contributed by atoms with Crippen LogP contribution < -0.4 is 0 Å². The number of rotatable bonds is 68. The van der Waals surface area contributed by atoms with Gasteiger partial charge in [-0.15, -0.1) is 0 Å². The third-order valence-corrected chi connectivity index (χ3v) is 19.9. The molecule has 0 aromatic carbocycles. The number of unbranched alkanes of at least 4 members (excludes halogenated alkanes) is 40. The molecule has 0 bridgehead atoms. The highest BCUT2D eigenvalue weighted by Gasteiger charge is 2.33. The molecule has 0 aliphatic heterocycles. The first-order valence-corrected chi connectivity index (χ1v) is 46.2. The lowest BCUT2D eigenvalue weighted by molar-refractivity contribution is -0.147. The van der Waals surface area contributed by atoms with Crippen molar-refractivity contribution in [2.24, 2.45) is 23.2 Å². The Morgan fingerprint density at radius 1 is 0.319 bits per heavy atom. The largest absolute Gasteiger partial charge is 0.463 e. The average molecular weight is 1600 g/mol. The molecule has 0 radical (unpaired) electrons. The van der Waals surface area contributed by atoms with Gasteiger partial charge in [0, 0.05) is 42.5 Å². The summed E-state index contributed by atoms with van der Waals surface area (Å²) in [5.74, 6) is -0.470. The Bertz CT molecular complexity index is 2200. The van der Waals surface area contributed by atoms with E-state index < -0.39 is 0 Å². The Kier molecular flexibility index (Phi) is 102. The lowest BCUT2D eigenvalue weighted by atomic mass is 9.71. The van der Waals surface area contributed by atoms with Gasteiger partial charge in [-0.2, -0.15) is 0 Å².